The molecule has 1 amide bonds. The predicted octanol–water partition coefficient (Wildman–Crippen LogP) is 2.28. The molecule has 128 valence electrons. The maximum absolute atomic E-state index is 12.4. The Morgan fingerprint density at radius 2 is 1.75 bits per heavy atom. The Labute approximate surface area is 142 Å². The summed E-state index contributed by atoms with van der Waals surface area (Å²) in [6.07, 6.45) is 0.243. The van der Waals surface area contributed by atoms with Crippen LogP contribution >= 0.6 is 0 Å². The number of nitrogens with two attached hydrogens (primary N) is 1. The zero-order valence-corrected chi connectivity index (χ0v) is 14.3. The molecule has 0 aromatic heterocycles. The first-order valence-electron chi connectivity index (χ1n) is 8.04. The topological polar surface area (TPSA) is 83.6 Å². The van der Waals surface area contributed by atoms with Gasteiger partial charge in [0.2, 0.25) is 5.91 Å². The molecule has 5 heteroatoms. The lowest BCUT2D eigenvalue weighted by molar-refractivity contribution is -0.149. The first kappa shape index (κ1) is 17.9. The van der Waals surface area contributed by atoms with E-state index in [0.717, 1.165) is 16.3 Å². The number of carbonyl (C=O) groups excluding carboxylic acids is 1. The smallest absolute Gasteiger partial charge is 0.326 e. The molecule has 0 heterocycles. The third-order valence-electron chi connectivity index (χ3n) is 4.35. The molecule has 3 N–H and O–H groups in total. The summed E-state index contributed by atoms with van der Waals surface area (Å²) in [6.45, 7) is 3.69. The Morgan fingerprint density at radius 1 is 1.12 bits per heavy atom. The van der Waals surface area contributed by atoms with Gasteiger partial charge in [-0.25, -0.2) is 4.79 Å². The molecular weight excluding hydrogens is 304 g/mol. The van der Waals surface area contributed by atoms with Crippen LogP contribution in [0.2, 0.25) is 0 Å². The van der Waals surface area contributed by atoms with Crippen molar-refractivity contribution < 1.29 is 14.7 Å². The van der Waals surface area contributed by atoms with Crippen molar-refractivity contribution >= 4 is 22.6 Å². The van der Waals surface area contributed by atoms with E-state index in [4.69, 9.17) is 5.73 Å². The molecule has 0 radical (unpaired) electrons. The molecule has 5 nitrogen and oxygen atoms in total. The lowest BCUT2D eigenvalue weighted by atomic mass is 9.99. The highest BCUT2D eigenvalue weighted by molar-refractivity contribution is 5.87. The third kappa shape index (κ3) is 3.92. The number of hydrogen-bond acceptors (Lipinski definition) is 3. The quantitative estimate of drug-likeness (QED) is 0.852. The van der Waals surface area contributed by atoms with Crippen LogP contribution in [0.5, 0.6) is 0 Å². The van der Waals surface area contributed by atoms with Gasteiger partial charge in [0.15, 0.2) is 0 Å². The molecule has 0 spiro atoms. The molecule has 2 aromatic carbocycles. The van der Waals surface area contributed by atoms with Crippen LogP contribution in [0, 0.1) is 5.92 Å². The van der Waals surface area contributed by atoms with Gasteiger partial charge in [0.05, 0.1) is 6.04 Å². The fraction of sp³-hybridized carbons (Fsp3) is 0.368. The molecule has 0 unspecified atom stereocenters. The molecule has 0 aliphatic carbocycles. The fourth-order valence-electron chi connectivity index (χ4n) is 2.65. The summed E-state index contributed by atoms with van der Waals surface area (Å²) in [5.74, 6) is -1.43. The number of benzene rings is 2. The van der Waals surface area contributed by atoms with Crippen molar-refractivity contribution in [2.75, 3.05) is 7.05 Å². The van der Waals surface area contributed by atoms with Crippen molar-refractivity contribution in [3.05, 3.63) is 48.0 Å². The van der Waals surface area contributed by atoms with E-state index in [2.05, 4.69) is 0 Å². The van der Waals surface area contributed by atoms with Crippen molar-refractivity contribution in [3.8, 4) is 0 Å². The van der Waals surface area contributed by atoms with Crippen LogP contribution < -0.4 is 5.73 Å². The minimum atomic E-state index is -1.03. The van der Waals surface area contributed by atoms with Crippen molar-refractivity contribution in [1.82, 2.24) is 4.90 Å². The summed E-state index contributed by atoms with van der Waals surface area (Å²) < 4.78 is 0. The van der Waals surface area contributed by atoms with Gasteiger partial charge in [0.25, 0.3) is 0 Å². The molecule has 2 aromatic rings. The van der Waals surface area contributed by atoms with Crippen LogP contribution in [-0.4, -0.2) is 41.0 Å². The number of rotatable bonds is 6. The fourth-order valence-corrected chi connectivity index (χ4v) is 2.65. The minimum absolute atomic E-state index is 0.0462. The largest absolute Gasteiger partial charge is 0.480 e. The van der Waals surface area contributed by atoms with Gasteiger partial charge >= 0.3 is 5.97 Å². The zero-order valence-electron chi connectivity index (χ0n) is 14.3. The molecule has 24 heavy (non-hydrogen) atoms. The van der Waals surface area contributed by atoms with Gasteiger partial charge in [-0.15, -0.1) is 0 Å². The summed E-state index contributed by atoms with van der Waals surface area (Å²) >= 11 is 0. The molecule has 0 aliphatic heterocycles. The summed E-state index contributed by atoms with van der Waals surface area (Å²) in [5.41, 5.74) is 6.76. The molecule has 0 bridgehead atoms. The zero-order chi connectivity index (χ0) is 17.9. The second kappa shape index (κ2) is 7.45. The summed E-state index contributed by atoms with van der Waals surface area (Å²) in [5, 5.41) is 11.7. The van der Waals surface area contributed by atoms with E-state index in [1.807, 2.05) is 56.3 Å². The average molecular weight is 328 g/mol. The van der Waals surface area contributed by atoms with Crippen molar-refractivity contribution in [3.63, 3.8) is 0 Å². The van der Waals surface area contributed by atoms with Gasteiger partial charge in [0.1, 0.15) is 6.04 Å². The number of carboxylic acids is 1. The number of amides is 1. The van der Waals surface area contributed by atoms with E-state index < -0.39 is 18.1 Å². The van der Waals surface area contributed by atoms with Crippen LogP contribution in [0.1, 0.15) is 19.4 Å². The van der Waals surface area contributed by atoms with Crippen LogP contribution in [0.4, 0.5) is 0 Å². The molecule has 2 atom stereocenters. The number of carboxylic acid groups (broad SMARTS) is 1. The summed E-state index contributed by atoms with van der Waals surface area (Å²) in [6, 6.07) is 12.1. The van der Waals surface area contributed by atoms with Crippen molar-refractivity contribution in [1.29, 1.82) is 0 Å². The first-order valence-corrected chi connectivity index (χ1v) is 8.04. The van der Waals surface area contributed by atoms with E-state index in [-0.39, 0.29) is 18.2 Å². The summed E-state index contributed by atoms with van der Waals surface area (Å²) in [4.78, 5) is 25.3. The first-order chi connectivity index (χ1) is 11.3. The van der Waals surface area contributed by atoms with Crippen LogP contribution in [0.3, 0.4) is 0 Å². The highest BCUT2D eigenvalue weighted by Crippen LogP contribution is 2.18. The average Bonchev–Trinajstić information content (AvgIpc) is 2.57. The Hall–Kier alpha value is -2.40. The predicted molar refractivity (Wildman–Crippen MR) is 94.7 cm³/mol. The van der Waals surface area contributed by atoms with Gasteiger partial charge in [-0.1, -0.05) is 56.3 Å². The Kier molecular flexibility index (Phi) is 5.57. The van der Waals surface area contributed by atoms with Crippen molar-refractivity contribution in [2.45, 2.75) is 32.4 Å². The second-order valence-corrected chi connectivity index (χ2v) is 6.46. The highest BCUT2D eigenvalue weighted by Gasteiger charge is 2.30. The monoisotopic (exact) mass is 328 g/mol. The lowest BCUT2D eigenvalue weighted by Crippen LogP contribution is -2.51. The Balaban J connectivity index is 2.23. The maximum atomic E-state index is 12.4. The molecule has 2 rings (SSSR count). The Morgan fingerprint density at radius 3 is 2.33 bits per heavy atom. The van der Waals surface area contributed by atoms with E-state index in [0.29, 0.717) is 0 Å². The van der Waals surface area contributed by atoms with Crippen molar-refractivity contribution in [2.24, 2.45) is 11.7 Å². The number of fused-ring (bicyclic) bond motifs is 1. The minimum Gasteiger partial charge on any atom is -0.480 e. The molecule has 0 saturated carbocycles. The van der Waals surface area contributed by atoms with Gasteiger partial charge in [-0.3, -0.25) is 4.79 Å². The summed E-state index contributed by atoms with van der Waals surface area (Å²) in [7, 11) is 1.50. The third-order valence-corrected chi connectivity index (χ3v) is 4.35. The van der Waals surface area contributed by atoms with Gasteiger partial charge < -0.3 is 15.7 Å². The lowest BCUT2D eigenvalue weighted by Gasteiger charge is -2.28. The van der Waals surface area contributed by atoms with E-state index in [1.165, 1.54) is 11.9 Å². The molecule has 0 aliphatic rings. The number of likely N-dealkylation sites (N-methyl/N-ethyl adjacent to an activating group) is 1. The van der Waals surface area contributed by atoms with Gasteiger partial charge in [-0.05, 0) is 22.3 Å². The second-order valence-electron chi connectivity index (χ2n) is 6.46. The normalized spacial score (nSPS) is 13.7. The van der Waals surface area contributed by atoms with Gasteiger partial charge in [0, 0.05) is 13.5 Å². The number of carbonyl (C=O) groups is 2. The standard InChI is InChI=1S/C19H24N2O3/c1-12(2)17(20)18(22)21(3)16(19(23)24)11-13-8-9-14-6-4-5-7-15(14)10-13/h4-10,12,16-17H,11,20H2,1-3H3,(H,23,24)/t16-,17-/m0/s1. The molecule has 0 fully saturated rings. The number of hydrogen-bond donors (Lipinski definition) is 2. The van der Waals surface area contributed by atoms with E-state index in [9.17, 15) is 14.7 Å². The maximum Gasteiger partial charge on any atom is 0.326 e. The van der Waals surface area contributed by atoms with E-state index >= 15 is 0 Å². The number of nitrogens with zero attached hydrogens (tertiary/aromatic N) is 1. The SMILES string of the molecule is CC(C)[C@H](N)C(=O)N(C)[C@@H](Cc1ccc2ccccc2c1)C(=O)O. The van der Waals surface area contributed by atoms with Crippen LogP contribution in [0.15, 0.2) is 42.5 Å². The van der Waals surface area contributed by atoms with E-state index in [1.54, 1.807) is 0 Å². The Bertz CT molecular complexity index is 742. The van der Waals surface area contributed by atoms with Crippen LogP contribution in [0.25, 0.3) is 10.8 Å². The molecular formula is C19H24N2O3. The van der Waals surface area contributed by atoms with Gasteiger partial charge in [-0.2, -0.15) is 0 Å². The highest BCUT2D eigenvalue weighted by atomic mass is 16.4. The number of aliphatic carboxylic acids is 1. The van der Waals surface area contributed by atoms with Crippen LogP contribution in [-0.2, 0) is 16.0 Å². The molecule has 0 saturated heterocycles.